The van der Waals surface area contributed by atoms with Gasteiger partial charge in [-0.1, -0.05) is 72.8 Å². The standard InChI is InChI=1S/C31H22N2/c1-2-11-26-21-33-31(20-23(26)9-1)25-12-7-8-22(16-25)17-27-19-28(30-14-5-6-15-32-30)18-24-10-3-4-13-29(24)27/h1-16,18-21H,17H2. The highest BCUT2D eigenvalue weighted by Crippen LogP contribution is 2.30. The van der Waals surface area contributed by atoms with Crippen molar-refractivity contribution in [1.29, 1.82) is 0 Å². The van der Waals surface area contributed by atoms with Crippen molar-refractivity contribution in [3.63, 3.8) is 0 Å². The van der Waals surface area contributed by atoms with Crippen LogP contribution < -0.4 is 0 Å². The number of benzene rings is 4. The van der Waals surface area contributed by atoms with Crippen molar-refractivity contribution >= 4 is 21.5 Å². The van der Waals surface area contributed by atoms with E-state index >= 15 is 0 Å². The number of nitrogens with zero attached hydrogens (tertiary/aromatic N) is 2. The fourth-order valence-corrected chi connectivity index (χ4v) is 4.52. The van der Waals surface area contributed by atoms with Gasteiger partial charge in [-0.05, 0) is 70.1 Å². The van der Waals surface area contributed by atoms with Gasteiger partial charge >= 0.3 is 0 Å². The highest BCUT2D eigenvalue weighted by Gasteiger charge is 2.09. The molecule has 0 fully saturated rings. The Morgan fingerprint density at radius 2 is 1.33 bits per heavy atom. The van der Waals surface area contributed by atoms with E-state index in [4.69, 9.17) is 4.98 Å². The van der Waals surface area contributed by atoms with Gasteiger partial charge in [-0.3, -0.25) is 9.97 Å². The maximum Gasteiger partial charge on any atom is 0.0708 e. The molecular formula is C31H22N2. The van der Waals surface area contributed by atoms with Gasteiger partial charge in [0.05, 0.1) is 11.4 Å². The lowest BCUT2D eigenvalue weighted by molar-refractivity contribution is 1.21. The van der Waals surface area contributed by atoms with Crippen LogP contribution >= 0.6 is 0 Å². The van der Waals surface area contributed by atoms with Gasteiger partial charge in [0.15, 0.2) is 0 Å². The topological polar surface area (TPSA) is 25.8 Å². The number of hydrogen-bond acceptors (Lipinski definition) is 2. The van der Waals surface area contributed by atoms with Gasteiger partial charge in [0.25, 0.3) is 0 Å². The van der Waals surface area contributed by atoms with E-state index in [2.05, 4.69) is 96.0 Å². The third-order valence-corrected chi connectivity index (χ3v) is 6.16. The molecular weight excluding hydrogens is 400 g/mol. The minimum Gasteiger partial charge on any atom is -0.256 e. The zero-order valence-corrected chi connectivity index (χ0v) is 18.1. The second kappa shape index (κ2) is 8.33. The van der Waals surface area contributed by atoms with E-state index < -0.39 is 0 Å². The summed E-state index contributed by atoms with van der Waals surface area (Å²) >= 11 is 0. The summed E-state index contributed by atoms with van der Waals surface area (Å²) in [6, 6.07) is 38.5. The van der Waals surface area contributed by atoms with Gasteiger partial charge in [-0.15, -0.1) is 0 Å². The number of aromatic nitrogens is 2. The van der Waals surface area contributed by atoms with E-state index in [0.717, 1.165) is 34.3 Å². The Labute approximate surface area is 193 Å². The van der Waals surface area contributed by atoms with Gasteiger partial charge in [-0.25, -0.2) is 0 Å². The van der Waals surface area contributed by atoms with E-state index in [1.54, 1.807) is 0 Å². The molecule has 6 rings (SSSR count). The van der Waals surface area contributed by atoms with Gasteiger partial charge in [-0.2, -0.15) is 0 Å². The summed E-state index contributed by atoms with van der Waals surface area (Å²) < 4.78 is 0. The van der Waals surface area contributed by atoms with Crippen molar-refractivity contribution in [1.82, 2.24) is 9.97 Å². The Morgan fingerprint density at radius 1 is 0.515 bits per heavy atom. The molecule has 2 nitrogen and oxygen atoms in total. The van der Waals surface area contributed by atoms with Gasteiger partial charge in [0.2, 0.25) is 0 Å². The van der Waals surface area contributed by atoms with Crippen LogP contribution in [-0.2, 0) is 6.42 Å². The largest absolute Gasteiger partial charge is 0.256 e. The third-order valence-electron chi connectivity index (χ3n) is 6.16. The molecule has 0 atom stereocenters. The van der Waals surface area contributed by atoms with E-state index in [9.17, 15) is 0 Å². The van der Waals surface area contributed by atoms with Crippen LogP contribution in [0, 0.1) is 0 Å². The first kappa shape index (κ1) is 19.4. The Hall–Kier alpha value is -4.30. The first-order valence-electron chi connectivity index (χ1n) is 11.2. The first-order valence-corrected chi connectivity index (χ1v) is 11.2. The maximum absolute atomic E-state index is 4.72. The molecule has 0 saturated carbocycles. The van der Waals surface area contributed by atoms with Crippen LogP contribution in [0.3, 0.4) is 0 Å². The Morgan fingerprint density at radius 3 is 2.21 bits per heavy atom. The number of rotatable bonds is 4. The minimum absolute atomic E-state index is 0.850. The fraction of sp³-hybridized carbons (Fsp3) is 0.0323. The van der Waals surface area contributed by atoms with E-state index in [-0.39, 0.29) is 0 Å². The van der Waals surface area contributed by atoms with Crippen molar-refractivity contribution in [2.75, 3.05) is 0 Å². The monoisotopic (exact) mass is 422 g/mol. The average Bonchev–Trinajstić information content (AvgIpc) is 2.89. The Bertz CT molecular complexity index is 1590. The van der Waals surface area contributed by atoms with Crippen LogP contribution in [0.15, 0.2) is 122 Å². The minimum atomic E-state index is 0.850. The molecule has 2 heterocycles. The average molecular weight is 423 g/mol. The molecule has 6 aromatic rings. The van der Waals surface area contributed by atoms with Crippen molar-refractivity contribution in [2.24, 2.45) is 0 Å². The molecule has 0 spiro atoms. The zero-order valence-electron chi connectivity index (χ0n) is 18.1. The molecule has 2 heteroatoms. The summed E-state index contributed by atoms with van der Waals surface area (Å²) in [6.07, 6.45) is 4.66. The van der Waals surface area contributed by atoms with Crippen molar-refractivity contribution in [3.8, 4) is 22.5 Å². The van der Waals surface area contributed by atoms with Gasteiger partial charge < -0.3 is 0 Å². The normalized spacial score (nSPS) is 11.2. The highest BCUT2D eigenvalue weighted by molar-refractivity contribution is 5.90. The molecule has 0 N–H and O–H groups in total. The number of hydrogen-bond donors (Lipinski definition) is 0. The summed E-state index contributed by atoms with van der Waals surface area (Å²) in [5.41, 5.74) is 6.87. The van der Waals surface area contributed by atoms with Crippen LogP contribution in [0.4, 0.5) is 0 Å². The van der Waals surface area contributed by atoms with Gasteiger partial charge in [0.1, 0.15) is 0 Å². The number of fused-ring (bicyclic) bond motifs is 2. The SMILES string of the molecule is c1ccc(-c2cc(Cc3cccc(-c4cc5ccccc5cn4)c3)c3ccccc3c2)nc1. The molecule has 33 heavy (non-hydrogen) atoms. The second-order valence-corrected chi connectivity index (χ2v) is 8.37. The molecule has 0 amide bonds. The van der Waals surface area contributed by atoms with Crippen LogP contribution in [-0.4, -0.2) is 9.97 Å². The van der Waals surface area contributed by atoms with Crippen LogP contribution in [0.25, 0.3) is 44.1 Å². The molecule has 0 aliphatic carbocycles. The Kier molecular flexibility index (Phi) is 4.89. The van der Waals surface area contributed by atoms with Crippen LogP contribution in [0.1, 0.15) is 11.1 Å². The maximum atomic E-state index is 4.72. The molecule has 0 saturated heterocycles. The summed E-state index contributed by atoms with van der Waals surface area (Å²) in [5.74, 6) is 0. The fourth-order valence-electron chi connectivity index (χ4n) is 4.52. The molecule has 0 aliphatic rings. The second-order valence-electron chi connectivity index (χ2n) is 8.37. The summed E-state index contributed by atoms with van der Waals surface area (Å²) in [6.45, 7) is 0. The Balaban J connectivity index is 1.41. The first-order chi connectivity index (χ1) is 16.3. The quantitative estimate of drug-likeness (QED) is 0.291. The molecule has 0 unspecified atom stereocenters. The predicted molar refractivity (Wildman–Crippen MR) is 137 cm³/mol. The van der Waals surface area contributed by atoms with E-state index in [1.165, 1.54) is 27.3 Å². The third kappa shape index (κ3) is 3.88. The molecule has 0 aliphatic heterocycles. The molecule has 4 aromatic carbocycles. The molecule has 156 valence electrons. The van der Waals surface area contributed by atoms with Crippen LogP contribution in [0.5, 0.6) is 0 Å². The molecule has 0 radical (unpaired) electrons. The number of pyridine rings is 2. The lowest BCUT2D eigenvalue weighted by Crippen LogP contribution is -1.94. The predicted octanol–water partition coefficient (Wildman–Crippen LogP) is 7.71. The summed E-state index contributed by atoms with van der Waals surface area (Å²) in [4.78, 5) is 9.30. The lowest BCUT2D eigenvalue weighted by Gasteiger charge is -2.12. The smallest absolute Gasteiger partial charge is 0.0708 e. The van der Waals surface area contributed by atoms with E-state index in [1.807, 2.05) is 30.6 Å². The van der Waals surface area contributed by atoms with Crippen LogP contribution in [0.2, 0.25) is 0 Å². The molecule has 2 aromatic heterocycles. The summed E-state index contributed by atoms with van der Waals surface area (Å²) in [7, 11) is 0. The zero-order chi connectivity index (χ0) is 22.0. The summed E-state index contributed by atoms with van der Waals surface area (Å²) in [5, 5.41) is 4.89. The van der Waals surface area contributed by atoms with Crippen molar-refractivity contribution in [2.45, 2.75) is 6.42 Å². The molecule has 0 bridgehead atoms. The van der Waals surface area contributed by atoms with Crippen molar-refractivity contribution in [3.05, 3.63) is 133 Å². The van der Waals surface area contributed by atoms with Gasteiger partial charge in [0, 0.05) is 28.9 Å². The lowest BCUT2D eigenvalue weighted by atomic mass is 9.94. The highest BCUT2D eigenvalue weighted by atomic mass is 14.7. The van der Waals surface area contributed by atoms with E-state index in [0.29, 0.717) is 0 Å². The van der Waals surface area contributed by atoms with Crippen molar-refractivity contribution < 1.29 is 0 Å².